The topological polar surface area (TPSA) is 142 Å². The van der Waals surface area contributed by atoms with Crippen molar-refractivity contribution in [2.24, 2.45) is 23.2 Å². The standard InChI is InChI=1S/C25H34F6N4O6S/c1-23(2,3)18(34-22(39)25(29,30)31)21(38)35-11-13-9-24(27,28)10-15(13)17(35)20(37)33-14(8-16(26)42(4,40)41)7-12-5-6-32-19(12)36/h8,12-15,17-18H,5-7,9-11H2,1-4H3,(H,32,36)(H,33,37)(H,34,39)/b16-8+/t12-,13+,14-,15+,17+,18+/m1/s1. The Morgan fingerprint density at radius 2 is 1.76 bits per heavy atom. The minimum Gasteiger partial charge on any atom is -0.356 e. The summed E-state index contributed by atoms with van der Waals surface area (Å²) in [6.07, 6.45) is -5.67. The van der Waals surface area contributed by atoms with Gasteiger partial charge in [0, 0.05) is 38.1 Å². The van der Waals surface area contributed by atoms with Gasteiger partial charge in [-0.2, -0.15) is 17.6 Å². The molecule has 2 heterocycles. The van der Waals surface area contributed by atoms with E-state index in [1.807, 2.05) is 0 Å². The third-order valence-corrected chi connectivity index (χ3v) is 8.63. The van der Waals surface area contributed by atoms with Crippen LogP contribution in [0, 0.1) is 23.2 Å². The van der Waals surface area contributed by atoms with Crippen molar-refractivity contribution in [2.45, 2.75) is 76.7 Å². The summed E-state index contributed by atoms with van der Waals surface area (Å²) < 4.78 is 106. The Labute approximate surface area is 238 Å². The molecule has 10 nitrogen and oxygen atoms in total. The van der Waals surface area contributed by atoms with Gasteiger partial charge in [-0.15, -0.1) is 0 Å². The quantitative estimate of drug-likeness (QED) is 0.349. The fourth-order valence-corrected chi connectivity index (χ4v) is 6.19. The molecule has 42 heavy (non-hydrogen) atoms. The Bertz CT molecular complexity index is 1250. The van der Waals surface area contributed by atoms with Crippen molar-refractivity contribution in [1.29, 1.82) is 0 Å². The highest BCUT2D eigenvalue weighted by molar-refractivity contribution is 7.94. The number of likely N-dealkylation sites (tertiary alicyclic amines) is 1. The molecule has 3 rings (SSSR count). The van der Waals surface area contributed by atoms with Gasteiger partial charge in [-0.1, -0.05) is 20.8 Å². The van der Waals surface area contributed by atoms with E-state index < -0.39 is 111 Å². The fourth-order valence-electron chi connectivity index (χ4n) is 5.78. The lowest BCUT2D eigenvalue weighted by atomic mass is 9.85. The van der Waals surface area contributed by atoms with Crippen molar-refractivity contribution in [2.75, 3.05) is 19.3 Å². The largest absolute Gasteiger partial charge is 0.471 e. The molecule has 0 radical (unpaired) electrons. The van der Waals surface area contributed by atoms with Crippen molar-refractivity contribution in [3.8, 4) is 0 Å². The molecule has 1 saturated carbocycles. The van der Waals surface area contributed by atoms with E-state index in [0.29, 0.717) is 12.3 Å². The van der Waals surface area contributed by atoms with Crippen molar-refractivity contribution >= 4 is 33.5 Å². The third kappa shape index (κ3) is 7.75. The van der Waals surface area contributed by atoms with Gasteiger partial charge in [-0.25, -0.2) is 17.2 Å². The van der Waals surface area contributed by atoms with Gasteiger partial charge in [0.15, 0.2) is 0 Å². The van der Waals surface area contributed by atoms with E-state index in [0.717, 1.165) is 4.90 Å². The monoisotopic (exact) mass is 632 g/mol. The molecule has 1 aliphatic carbocycles. The van der Waals surface area contributed by atoms with Crippen LogP contribution in [0.5, 0.6) is 0 Å². The molecule has 0 aromatic carbocycles. The van der Waals surface area contributed by atoms with E-state index >= 15 is 0 Å². The Balaban J connectivity index is 1.97. The average molecular weight is 633 g/mol. The molecule has 2 saturated heterocycles. The minimum absolute atomic E-state index is 0.252. The molecule has 17 heteroatoms. The van der Waals surface area contributed by atoms with E-state index in [4.69, 9.17) is 0 Å². The molecule has 3 fully saturated rings. The van der Waals surface area contributed by atoms with E-state index in [1.165, 1.54) is 20.8 Å². The Morgan fingerprint density at radius 1 is 1.14 bits per heavy atom. The molecule has 0 spiro atoms. The second kappa shape index (κ2) is 11.7. The second-order valence-electron chi connectivity index (χ2n) is 12.3. The zero-order valence-corrected chi connectivity index (χ0v) is 24.2. The molecule has 3 aliphatic rings. The predicted molar refractivity (Wildman–Crippen MR) is 136 cm³/mol. The van der Waals surface area contributed by atoms with Crippen LogP contribution >= 0.6 is 0 Å². The third-order valence-electron chi connectivity index (χ3n) is 7.79. The van der Waals surface area contributed by atoms with Crippen LogP contribution < -0.4 is 16.0 Å². The van der Waals surface area contributed by atoms with Crippen molar-refractivity contribution in [3.63, 3.8) is 0 Å². The number of carbonyl (C=O) groups excluding carboxylic acids is 4. The van der Waals surface area contributed by atoms with Crippen LogP contribution in [-0.4, -0.2) is 86.5 Å². The lowest BCUT2D eigenvalue weighted by Crippen LogP contribution is -2.60. The van der Waals surface area contributed by atoms with Gasteiger partial charge in [0.05, 0.1) is 6.04 Å². The molecule has 0 aromatic heterocycles. The van der Waals surface area contributed by atoms with Crippen molar-refractivity contribution in [1.82, 2.24) is 20.9 Å². The van der Waals surface area contributed by atoms with Crippen molar-refractivity contribution in [3.05, 3.63) is 11.2 Å². The highest BCUT2D eigenvalue weighted by Gasteiger charge is 2.59. The summed E-state index contributed by atoms with van der Waals surface area (Å²) in [5, 5.41) is 4.95. The molecular formula is C25H34F6N4O6S. The van der Waals surface area contributed by atoms with Crippen molar-refractivity contribution < 1.29 is 53.9 Å². The number of rotatable bonds is 8. The number of hydrogen-bond acceptors (Lipinski definition) is 6. The normalized spacial score (nSPS) is 27.7. The maximum atomic E-state index is 14.5. The summed E-state index contributed by atoms with van der Waals surface area (Å²) in [6.45, 7) is 3.97. The molecule has 0 aromatic rings. The molecule has 3 N–H and O–H groups in total. The summed E-state index contributed by atoms with van der Waals surface area (Å²) >= 11 is 0. The van der Waals surface area contributed by atoms with Crippen LogP contribution in [-0.2, 0) is 29.0 Å². The SMILES string of the molecule is CC(C)(C)[C@@H](NC(=O)C(F)(F)F)C(=O)N1C[C@@H]2CC(F)(F)C[C@@H]2[C@H]1C(=O)N[C@@H](/C=C(\F)S(C)(=O)=O)C[C@H]1CCNC1=O. The zero-order chi connectivity index (χ0) is 32.0. The number of fused-ring (bicyclic) bond motifs is 1. The number of hydrogen-bond donors (Lipinski definition) is 3. The Kier molecular flexibility index (Phi) is 9.36. The molecule has 238 valence electrons. The maximum Gasteiger partial charge on any atom is 0.471 e. The van der Waals surface area contributed by atoms with Gasteiger partial charge < -0.3 is 20.9 Å². The van der Waals surface area contributed by atoms with E-state index in [9.17, 15) is 53.9 Å². The lowest BCUT2D eigenvalue weighted by Gasteiger charge is -2.37. The fraction of sp³-hybridized carbons (Fsp3) is 0.760. The van der Waals surface area contributed by atoms with Gasteiger partial charge in [-0.05, 0) is 36.2 Å². The number of nitrogens with one attached hydrogen (secondary N) is 3. The smallest absolute Gasteiger partial charge is 0.356 e. The second-order valence-corrected chi connectivity index (χ2v) is 14.2. The number of halogens is 6. The van der Waals surface area contributed by atoms with Crippen LogP contribution in [0.2, 0.25) is 0 Å². The molecule has 6 atom stereocenters. The molecule has 0 bridgehead atoms. The first-order chi connectivity index (χ1) is 19.0. The average Bonchev–Trinajstić information content (AvgIpc) is 3.45. The van der Waals surface area contributed by atoms with Gasteiger partial charge >= 0.3 is 12.1 Å². The van der Waals surface area contributed by atoms with Crippen LogP contribution in [0.1, 0.15) is 46.5 Å². The number of amides is 4. The molecular weight excluding hydrogens is 598 g/mol. The minimum atomic E-state index is -5.33. The maximum absolute atomic E-state index is 14.5. The molecule has 0 unspecified atom stereocenters. The summed E-state index contributed by atoms with van der Waals surface area (Å²) in [4.78, 5) is 52.0. The Morgan fingerprint density at radius 3 is 2.26 bits per heavy atom. The summed E-state index contributed by atoms with van der Waals surface area (Å²) in [7, 11) is -4.36. The molecule has 4 amide bonds. The summed E-state index contributed by atoms with van der Waals surface area (Å²) in [5.74, 6) is -11.0. The van der Waals surface area contributed by atoms with Gasteiger partial charge in [0.25, 0.3) is 0 Å². The van der Waals surface area contributed by atoms with E-state index in [1.54, 1.807) is 5.32 Å². The number of carbonyl (C=O) groups is 4. The lowest BCUT2D eigenvalue weighted by molar-refractivity contribution is -0.176. The zero-order valence-electron chi connectivity index (χ0n) is 23.4. The first-order valence-electron chi connectivity index (χ1n) is 13.2. The summed E-state index contributed by atoms with van der Waals surface area (Å²) in [6, 6.07) is -4.87. The van der Waals surface area contributed by atoms with Gasteiger partial charge in [-0.3, -0.25) is 19.2 Å². The van der Waals surface area contributed by atoms with Crippen LogP contribution in [0.3, 0.4) is 0 Å². The molecule has 2 aliphatic heterocycles. The van der Waals surface area contributed by atoms with Crippen LogP contribution in [0.15, 0.2) is 11.2 Å². The number of nitrogens with zero attached hydrogens (tertiary/aromatic N) is 1. The van der Waals surface area contributed by atoms with Crippen LogP contribution in [0.4, 0.5) is 26.3 Å². The highest BCUT2D eigenvalue weighted by Crippen LogP contribution is 2.50. The van der Waals surface area contributed by atoms with E-state index in [2.05, 4.69) is 10.6 Å². The summed E-state index contributed by atoms with van der Waals surface area (Å²) in [5.41, 5.74) is -1.31. The number of sulfone groups is 1. The van der Waals surface area contributed by atoms with Gasteiger partial charge in [0.1, 0.15) is 12.1 Å². The first-order valence-corrected chi connectivity index (χ1v) is 15.1. The van der Waals surface area contributed by atoms with E-state index in [-0.39, 0.29) is 19.4 Å². The predicted octanol–water partition coefficient (Wildman–Crippen LogP) is 1.82. The number of alkyl halides is 5. The Hall–Kier alpha value is -2.85. The first kappa shape index (κ1) is 33.6. The highest BCUT2D eigenvalue weighted by atomic mass is 32.2. The van der Waals surface area contributed by atoms with Crippen LogP contribution in [0.25, 0.3) is 0 Å². The van der Waals surface area contributed by atoms with Gasteiger partial charge in [0.2, 0.25) is 38.6 Å².